The zero-order valence-electron chi connectivity index (χ0n) is 13.4. The predicted molar refractivity (Wildman–Crippen MR) is 95.8 cm³/mol. The number of anilines is 1. The average molecular weight is 355 g/mol. The fourth-order valence-electron chi connectivity index (χ4n) is 1.88. The van der Waals surface area contributed by atoms with E-state index in [1.54, 1.807) is 54.6 Å². The summed E-state index contributed by atoms with van der Waals surface area (Å²) in [6, 6.07) is 15.3. The Morgan fingerprint density at radius 1 is 1.16 bits per heavy atom. The molecule has 126 valence electrons. The van der Waals surface area contributed by atoms with E-state index in [2.05, 4.69) is 5.32 Å². The molecule has 0 aliphatic rings. The van der Waals surface area contributed by atoms with Crippen molar-refractivity contribution in [3.8, 4) is 6.07 Å². The van der Waals surface area contributed by atoms with Crippen molar-refractivity contribution in [3.63, 3.8) is 0 Å². The van der Waals surface area contributed by atoms with Gasteiger partial charge in [-0.2, -0.15) is 5.26 Å². The van der Waals surface area contributed by atoms with Crippen LogP contribution in [0, 0.1) is 11.3 Å². The van der Waals surface area contributed by atoms with Crippen LogP contribution in [0.4, 0.5) is 5.69 Å². The molecule has 0 fully saturated rings. The summed E-state index contributed by atoms with van der Waals surface area (Å²) in [5.41, 5.74) is 1.80. The van der Waals surface area contributed by atoms with Crippen molar-refractivity contribution in [3.05, 3.63) is 70.8 Å². The van der Waals surface area contributed by atoms with Gasteiger partial charge in [0.05, 0.1) is 11.6 Å². The van der Waals surface area contributed by atoms with Gasteiger partial charge in [0.15, 0.2) is 6.10 Å². The van der Waals surface area contributed by atoms with Gasteiger partial charge < -0.3 is 10.1 Å². The second kappa shape index (κ2) is 8.67. The summed E-state index contributed by atoms with van der Waals surface area (Å²) < 4.78 is 5.06. The molecular weight excluding hydrogens is 340 g/mol. The van der Waals surface area contributed by atoms with Crippen LogP contribution in [0.5, 0.6) is 0 Å². The molecule has 2 rings (SSSR count). The number of hydrogen-bond donors (Lipinski definition) is 1. The van der Waals surface area contributed by atoms with Gasteiger partial charge >= 0.3 is 5.97 Å². The number of amides is 1. The van der Waals surface area contributed by atoms with E-state index < -0.39 is 18.0 Å². The van der Waals surface area contributed by atoms with Crippen LogP contribution in [0.2, 0.25) is 5.02 Å². The third kappa shape index (κ3) is 5.79. The maximum Gasteiger partial charge on any atom is 0.331 e. The highest BCUT2D eigenvalue weighted by Crippen LogP contribution is 2.12. The minimum atomic E-state index is -0.960. The summed E-state index contributed by atoms with van der Waals surface area (Å²) in [6.45, 7) is 1.48. The van der Waals surface area contributed by atoms with Gasteiger partial charge in [-0.15, -0.1) is 0 Å². The van der Waals surface area contributed by atoms with E-state index in [-0.39, 0.29) is 0 Å². The molecule has 0 aliphatic heterocycles. The first-order valence-electron chi connectivity index (χ1n) is 7.43. The molecule has 1 N–H and O–H groups in total. The molecule has 0 saturated carbocycles. The summed E-state index contributed by atoms with van der Waals surface area (Å²) in [6.07, 6.45) is 1.86. The first-order chi connectivity index (χ1) is 12.0. The van der Waals surface area contributed by atoms with E-state index in [9.17, 15) is 9.59 Å². The molecule has 25 heavy (non-hydrogen) atoms. The van der Waals surface area contributed by atoms with E-state index >= 15 is 0 Å². The van der Waals surface area contributed by atoms with Crippen molar-refractivity contribution < 1.29 is 14.3 Å². The molecule has 0 aliphatic carbocycles. The van der Waals surface area contributed by atoms with Gasteiger partial charge in [0.2, 0.25) is 0 Å². The first kappa shape index (κ1) is 18.2. The quantitative estimate of drug-likeness (QED) is 0.654. The standard InChI is InChI=1S/C19H15ClN2O3/c1-13(19(24)22-17-9-4-15(12-21)5-10-17)25-18(23)11-6-14-2-7-16(20)8-3-14/h2-11,13H,1H3,(H,22,24)/b11-6+/t13-/m1/s1. The minimum Gasteiger partial charge on any atom is -0.449 e. The van der Waals surface area contributed by atoms with Crippen molar-refractivity contribution in [2.45, 2.75) is 13.0 Å². The number of rotatable bonds is 5. The van der Waals surface area contributed by atoms with Crippen LogP contribution in [0.1, 0.15) is 18.1 Å². The molecule has 1 atom stereocenters. The van der Waals surface area contributed by atoms with Gasteiger partial charge in [-0.25, -0.2) is 4.79 Å². The monoisotopic (exact) mass is 354 g/mol. The van der Waals surface area contributed by atoms with Crippen molar-refractivity contribution >= 4 is 35.2 Å². The molecule has 6 heteroatoms. The fraction of sp³-hybridized carbons (Fsp3) is 0.105. The Morgan fingerprint density at radius 3 is 2.40 bits per heavy atom. The van der Waals surface area contributed by atoms with Crippen molar-refractivity contribution in [2.24, 2.45) is 0 Å². The van der Waals surface area contributed by atoms with Gasteiger partial charge in [-0.3, -0.25) is 4.79 Å². The number of carbonyl (C=O) groups excluding carboxylic acids is 2. The molecule has 0 unspecified atom stereocenters. The Kier molecular flexibility index (Phi) is 6.33. The Hall–Kier alpha value is -3.10. The SMILES string of the molecule is C[C@@H](OC(=O)/C=C/c1ccc(Cl)cc1)C(=O)Nc1ccc(C#N)cc1. The number of nitriles is 1. The average Bonchev–Trinajstić information content (AvgIpc) is 2.61. The predicted octanol–water partition coefficient (Wildman–Crippen LogP) is 3.80. The minimum absolute atomic E-state index is 0.460. The highest BCUT2D eigenvalue weighted by molar-refractivity contribution is 6.30. The lowest BCUT2D eigenvalue weighted by molar-refractivity contribution is -0.148. The van der Waals surface area contributed by atoms with E-state index in [0.717, 1.165) is 5.56 Å². The highest BCUT2D eigenvalue weighted by atomic mass is 35.5. The Bertz CT molecular complexity index is 821. The lowest BCUT2D eigenvalue weighted by atomic mass is 10.2. The number of carbonyl (C=O) groups is 2. The van der Waals surface area contributed by atoms with Gasteiger partial charge in [0.25, 0.3) is 5.91 Å². The largest absolute Gasteiger partial charge is 0.449 e. The smallest absolute Gasteiger partial charge is 0.331 e. The first-order valence-corrected chi connectivity index (χ1v) is 7.81. The van der Waals surface area contributed by atoms with Crippen LogP contribution in [0.15, 0.2) is 54.6 Å². The van der Waals surface area contributed by atoms with E-state index in [1.807, 2.05) is 6.07 Å². The molecule has 0 bridgehead atoms. The molecule has 0 saturated heterocycles. The molecular formula is C19H15ClN2O3. The van der Waals surface area contributed by atoms with Gasteiger partial charge in [0.1, 0.15) is 0 Å². The number of ether oxygens (including phenoxy) is 1. The maximum atomic E-state index is 12.0. The number of nitrogens with one attached hydrogen (secondary N) is 1. The number of esters is 1. The van der Waals surface area contributed by atoms with Crippen molar-refractivity contribution in [1.29, 1.82) is 5.26 Å². The molecule has 0 aromatic heterocycles. The summed E-state index contributed by atoms with van der Waals surface area (Å²) in [7, 11) is 0. The summed E-state index contributed by atoms with van der Waals surface area (Å²) in [5, 5.41) is 12.0. The molecule has 0 radical (unpaired) electrons. The normalized spacial score (nSPS) is 11.6. The Morgan fingerprint density at radius 2 is 1.80 bits per heavy atom. The Balaban J connectivity index is 1.87. The summed E-state index contributed by atoms with van der Waals surface area (Å²) in [5.74, 6) is -1.09. The van der Waals surface area contributed by atoms with Crippen LogP contribution in [-0.4, -0.2) is 18.0 Å². The highest BCUT2D eigenvalue weighted by Gasteiger charge is 2.16. The van der Waals surface area contributed by atoms with Crippen molar-refractivity contribution in [1.82, 2.24) is 0 Å². The molecule has 2 aromatic rings. The van der Waals surface area contributed by atoms with E-state index in [4.69, 9.17) is 21.6 Å². The molecule has 1 amide bonds. The number of benzene rings is 2. The molecule has 2 aromatic carbocycles. The number of hydrogen-bond acceptors (Lipinski definition) is 4. The zero-order chi connectivity index (χ0) is 18.2. The lowest BCUT2D eigenvalue weighted by Gasteiger charge is -2.12. The molecule has 0 heterocycles. The van der Waals surface area contributed by atoms with Gasteiger partial charge in [-0.05, 0) is 55.0 Å². The van der Waals surface area contributed by atoms with E-state index in [1.165, 1.54) is 13.0 Å². The fourth-order valence-corrected chi connectivity index (χ4v) is 2.00. The van der Waals surface area contributed by atoms with Gasteiger partial charge in [0, 0.05) is 16.8 Å². The topological polar surface area (TPSA) is 79.2 Å². The number of halogens is 1. The van der Waals surface area contributed by atoms with Crippen LogP contribution in [0.25, 0.3) is 6.08 Å². The summed E-state index contributed by atoms with van der Waals surface area (Å²) in [4.78, 5) is 23.8. The second-order valence-electron chi connectivity index (χ2n) is 5.14. The van der Waals surface area contributed by atoms with Crippen LogP contribution >= 0.6 is 11.6 Å². The molecule has 5 nitrogen and oxygen atoms in total. The Labute approximate surface area is 150 Å². The third-order valence-corrected chi connectivity index (χ3v) is 3.48. The van der Waals surface area contributed by atoms with Crippen molar-refractivity contribution in [2.75, 3.05) is 5.32 Å². The zero-order valence-corrected chi connectivity index (χ0v) is 14.2. The number of nitrogens with zero attached hydrogens (tertiary/aromatic N) is 1. The van der Waals surface area contributed by atoms with Crippen LogP contribution in [0.3, 0.4) is 0 Å². The van der Waals surface area contributed by atoms with Crippen LogP contribution in [-0.2, 0) is 14.3 Å². The second-order valence-corrected chi connectivity index (χ2v) is 5.58. The van der Waals surface area contributed by atoms with E-state index in [0.29, 0.717) is 16.3 Å². The molecule has 0 spiro atoms. The third-order valence-electron chi connectivity index (χ3n) is 3.23. The van der Waals surface area contributed by atoms with Crippen LogP contribution < -0.4 is 5.32 Å². The lowest BCUT2D eigenvalue weighted by Crippen LogP contribution is -2.29. The summed E-state index contributed by atoms with van der Waals surface area (Å²) >= 11 is 5.79. The maximum absolute atomic E-state index is 12.0. The van der Waals surface area contributed by atoms with Gasteiger partial charge in [-0.1, -0.05) is 23.7 Å².